The van der Waals surface area contributed by atoms with E-state index in [-0.39, 0.29) is 0 Å². The molecule has 5 heterocycles. The summed E-state index contributed by atoms with van der Waals surface area (Å²) in [6.07, 6.45) is 3.59. The normalized spacial score (nSPS) is 18.5. The predicted octanol–water partition coefficient (Wildman–Crippen LogP) is 2.29. The summed E-state index contributed by atoms with van der Waals surface area (Å²) in [6, 6.07) is 4.01. The zero-order valence-corrected chi connectivity index (χ0v) is 17.6. The number of nitrogens with zero attached hydrogens (tertiary/aromatic N) is 7. The van der Waals surface area contributed by atoms with Gasteiger partial charge in [-0.05, 0) is 23.7 Å². The maximum atomic E-state index is 6.22. The third-order valence-electron chi connectivity index (χ3n) is 5.27. The van der Waals surface area contributed by atoms with Crippen LogP contribution < -0.4 is 9.80 Å². The van der Waals surface area contributed by atoms with Gasteiger partial charge in [-0.25, -0.2) is 15.0 Å². The Kier molecular flexibility index (Phi) is 5.45. The monoisotopic (exact) mass is 431 g/mol. The van der Waals surface area contributed by atoms with Crippen molar-refractivity contribution in [2.45, 2.75) is 6.54 Å². The molecular weight excluding hydrogens is 410 g/mol. The second kappa shape index (κ2) is 8.35. The van der Waals surface area contributed by atoms with Gasteiger partial charge >= 0.3 is 0 Å². The van der Waals surface area contributed by atoms with Crippen molar-refractivity contribution < 1.29 is 4.74 Å². The number of morpholine rings is 1. The fraction of sp³-hybridized carbons (Fsp3) is 0.474. The standard InChI is InChI=1S/C19H22ClN7OS/c20-18-23-15-12-14(29-16(15)17(24-18)26-8-10-28-11-9-26)13-25-4-6-27(7-5-25)19-21-2-1-3-22-19/h1-3,12H,4-11,13H2. The van der Waals surface area contributed by atoms with E-state index in [1.165, 1.54) is 4.88 Å². The van der Waals surface area contributed by atoms with E-state index in [2.05, 4.69) is 40.7 Å². The molecule has 3 aromatic rings. The molecule has 0 spiro atoms. The average Bonchev–Trinajstić information content (AvgIpc) is 3.17. The molecule has 2 saturated heterocycles. The smallest absolute Gasteiger partial charge is 0.225 e. The fourth-order valence-electron chi connectivity index (χ4n) is 3.78. The van der Waals surface area contributed by atoms with Crippen molar-refractivity contribution in [2.75, 3.05) is 62.3 Å². The average molecular weight is 432 g/mol. The van der Waals surface area contributed by atoms with Gasteiger partial charge in [0.2, 0.25) is 11.2 Å². The van der Waals surface area contributed by atoms with Crippen molar-refractivity contribution in [1.82, 2.24) is 24.8 Å². The molecule has 0 N–H and O–H groups in total. The van der Waals surface area contributed by atoms with Crippen LogP contribution in [0, 0.1) is 0 Å². The molecule has 3 aromatic heterocycles. The number of hydrogen-bond acceptors (Lipinski definition) is 9. The lowest BCUT2D eigenvalue weighted by molar-refractivity contribution is 0.122. The van der Waals surface area contributed by atoms with Crippen LogP contribution in [0.4, 0.5) is 11.8 Å². The minimum Gasteiger partial charge on any atom is -0.378 e. The molecule has 0 aromatic carbocycles. The minimum absolute atomic E-state index is 0.305. The third-order valence-corrected chi connectivity index (χ3v) is 6.55. The van der Waals surface area contributed by atoms with Gasteiger partial charge in [0.15, 0.2) is 5.82 Å². The number of rotatable bonds is 4. The number of hydrogen-bond donors (Lipinski definition) is 0. The topological polar surface area (TPSA) is 70.5 Å². The summed E-state index contributed by atoms with van der Waals surface area (Å²) in [7, 11) is 0. The second-order valence-corrected chi connectivity index (χ2v) is 8.63. The second-order valence-electron chi connectivity index (χ2n) is 7.15. The van der Waals surface area contributed by atoms with Crippen LogP contribution in [-0.4, -0.2) is 77.3 Å². The Hall–Kier alpha value is -2.07. The summed E-state index contributed by atoms with van der Waals surface area (Å²) in [5, 5.41) is 0.305. The van der Waals surface area contributed by atoms with Gasteiger partial charge in [0.05, 0.1) is 23.4 Å². The Bertz CT molecular complexity index is 971. The van der Waals surface area contributed by atoms with E-state index in [0.717, 1.165) is 81.0 Å². The first-order valence-corrected chi connectivity index (χ1v) is 11.0. The quantitative estimate of drug-likeness (QED) is 0.583. The van der Waals surface area contributed by atoms with Gasteiger partial charge in [0.1, 0.15) is 0 Å². The summed E-state index contributed by atoms with van der Waals surface area (Å²) < 4.78 is 6.59. The van der Waals surface area contributed by atoms with Gasteiger partial charge in [-0.1, -0.05) is 0 Å². The third kappa shape index (κ3) is 4.13. The van der Waals surface area contributed by atoms with Crippen LogP contribution in [0.15, 0.2) is 24.5 Å². The zero-order valence-electron chi connectivity index (χ0n) is 16.0. The van der Waals surface area contributed by atoms with Crippen molar-refractivity contribution in [3.8, 4) is 0 Å². The first-order valence-electron chi connectivity index (χ1n) is 9.79. The molecule has 0 amide bonds. The van der Waals surface area contributed by atoms with Crippen LogP contribution in [0.25, 0.3) is 10.2 Å². The molecule has 0 radical (unpaired) electrons. The van der Waals surface area contributed by atoms with Gasteiger partial charge in [-0.3, -0.25) is 4.90 Å². The Morgan fingerprint density at radius 1 is 0.966 bits per heavy atom. The Morgan fingerprint density at radius 2 is 1.72 bits per heavy atom. The highest BCUT2D eigenvalue weighted by Crippen LogP contribution is 2.34. The number of thiophene rings is 1. The largest absolute Gasteiger partial charge is 0.378 e. The van der Waals surface area contributed by atoms with Gasteiger partial charge in [-0.2, -0.15) is 4.98 Å². The molecule has 0 bridgehead atoms. The number of ether oxygens (including phenoxy) is 1. The summed E-state index contributed by atoms with van der Waals surface area (Å²) in [5.41, 5.74) is 0.933. The van der Waals surface area contributed by atoms with Crippen LogP contribution in [0.2, 0.25) is 5.28 Å². The maximum Gasteiger partial charge on any atom is 0.225 e. The Labute approximate surface area is 178 Å². The molecule has 5 rings (SSSR count). The molecule has 8 nitrogen and oxygen atoms in total. The minimum atomic E-state index is 0.305. The zero-order chi connectivity index (χ0) is 19.6. The van der Waals surface area contributed by atoms with Gasteiger partial charge in [0, 0.05) is 63.1 Å². The van der Waals surface area contributed by atoms with E-state index in [4.69, 9.17) is 16.3 Å². The SMILES string of the molecule is Clc1nc(N2CCOCC2)c2sc(CN3CCN(c4ncccn4)CC3)cc2n1. The van der Waals surface area contributed by atoms with Crippen LogP contribution >= 0.6 is 22.9 Å². The molecule has 2 aliphatic rings. The Balaban J connectivity index is 1.30. The molecule has 29 heavy (non-hydrogen) atoms. The highest BCUT2D eigenvalue weighted by Gasteiger charge is 2.22. The number of anilines is 2. The first kappa shape index (κ1) is 18.9. The molecule has 152 valence electrons. The number of halogens is 1. The molecule has 0 aliphatic carbocycles. The molecule has 0 saturated carbocycles. The molecule has 10 heteroatoms. The first-order chi connectivity index (χ1) is 14.3. The maximum absolute atomic E-state index is 6.22. The van der Waals surface area contributed by atoms with Crippen LogP contribution in [0.5, 0.6) is 0 Å². The molecular formula is C19H22ClN7OS. The number of fused-ring (bicyclic) bond motifs is 1. The van der Waals surface area contributed by atoms with E-state index in [1.807, 2.05) is 6.07 Å². The summed E-state index contributed by atoms with van der Waals surface area (Å²) in [6.45, 7) is 7.83. The van der Waals surface area contributed by atoms with Gasteiger partial charge < -0.3 is 14.5 Å². The highest BCUT2D eigenvalue weighted by molar-refractivity contribution is 7.19. The number of piperazine rings is 1. The molecule has 0 atom stereocenters. The van der Waals surface area contributed by atoms with E-state index in [0.29, 0.717) is 5.28 Å². The lowest BCUT2D eigenvalue weighted by atomic mass is 10.3. The van der Waals surface area contributed by atoms with Crippen molar-refractivity contribution >= 4 is 44.9 Å². The van der Waals surface area contributed by atoms with Crippen LogP contribution in [-0.2, 0) is 11.3 Å². The molecule has 2 aliphatic heterocycles. The predicted molar refractivity (Wildman–Crippen MR) is 115 cm³/mol. The van der Waals surface area contributed by atoms with E-state index >= 15 is 0 Å². The summed E-state index contributed by atoms with van der Waals surface area (Å²) in [4.78, 5) is 26.0. The van der Waals surface area contributed by atoms with Crippen molar-refractivity contribution in [3.63, 3.8) is 0 Å². The summed E-state index contributed by atoms with van der Waals surface area (Å²) in [5.74, 6) is 1.75. The van der Waals surface area contributed by atoms with Crippen LogP contribution in [0.3, 0.4) is 0 Å². The lowest BCUT2D eigenvalue weighted by Crippen LogP contribution is -2.46. The van der Waals surface area contributed by atoms with Crippen molar-refractivity contribution in [1.29, 1.82) is 0 Å². The van der Waals surface area contributed by atoms with Gasteiger partial charge in [0.25, 0.3) is 0 Å². The van der Waals surface area contributed by atoms with E-state index < -0.39 is 0 Å². The molecule has 2 fully saturated rings. The molecule has 0 unspecified atom stereocenters. The van der Waals surface area contributed by atoms with E-state index in [9.17, 15) is 0 Å². The van der Waals surface area contributed by atoms with Crippen LogP contribution in [0.1, 0.15) is 4.88 Å². The van der Waals surface area contributed by atoms with E-state index in [1.54, 1.807) is 23.7 Å². The van der Waals surface area contributed by atoms with Gasteiger partial charge in [-0.15, -0.1) is 11.3 Å². The van der Waals surface area contributed by atoms with Crippen molar-refractivity contribution in [3.05, 3.63) is 34.7 Å². The highest BCUT2D eigenvalue weighted by atomic mass is 35.5. The van der Waals surface area contributed by atoms with Crippen molar-refractivity contribution in [2.24, 2.45) is 0 Å². The summed E-state index contributed by atoms with van der Waals surface area (Å²) >= 11 is 7.99. The fourth-order valence-corrected chi connectivity index (χ4v) is 5.11. The Morgan fingerprint density at radius 3 is 2.48 bits per heavy atom. The number of aromatic nitrogens is 4. The lowest BCUT2D eigenvalue weighted by Gasteiger charge is -2.34.